The van der Waals surface area contributed by atoms with E-state index in [2.05, 4.69) is 10.6 Å². The molecule has 1 aromatic heterocycles. The zero-order valence-corrected chi connectivity index (χ0v) is 22.2. The molecule has 2 atom stereocenters. The molecule has 0 fully saturated rings. The summed E-state index contributed by atoms with van der Waals surface area (Å²) in [5.74, 6) is -2.91. The number of hydrogen-bond donors (Lipinski definition) is 3. The maximum atomic E-state index is 13.2. The number of amides is 1. The van der Waals surface area contributed by atoms with Crippen molar-refractivity contribution in [3.05, 3.63) is 51.9 Å². The number of benzene rings is 1. The van der Waals surface area contributed by atoms with Crippen LogP contribution in [0.1, 0.15) is 72.7 Å². The summed E-state index contributed by atoms with van der Waals surface area (Å²) in [5, 5.41) is 5.99. The van der Waals surface area contributed by atoms with Crippen LogP contribution in [-0.2, 0) is 32.0 Å². The minimum atomic E-state index is -1.06. The monoisotopic (exact) mass is 515 g/mol. The Balaban J connectivity index is 1.91. The molecule has 194 valence electrons. The maximum Gasteiger partial charge on any atom is 0.397 e. The molecule has 1 amide bonds. The predicted octanol–water partition coefficient (Wildman–Crippen LogP) is 3.21. The number of fused-ring (bicyclic) bond motifs is 1. The Labute approximate surface area is 214 Å². The average molecular weight is 516 g/mol. The highest BCUT2D eigenvalue weighted by Crippen LogP contribution is 2.38. The number of ketones is 1. The van der Waals surface area contributed by atoms with Crippen LogP contribution in [0.25, 0.3) is 0 Å². The van der Waals surface area contributed by atoms with Crippen molar-refractivity contribution in [3.63, 3.8) is 0 Å². The SMILES string of the molecule is CC(C)(C)OC(=O)C(=O)Nc1sc2c(c1C(=O)OC(C)(C)C)CC(C(N)C(=O)c1ccccc1)NC2. The second-order valence-corrected chi connectivity index (χ2v) is 11.7. The molecule has 2 aromatic rings. The normalized spacial score (nSPS) is 16.5. The van der Waals surface area contributed by atoms with Gasteiger partial charge in [0, 0.05) is 23.0 Å². The Hall–Kier alpha value is -3.08. The van der Waals surface area contributed by atoms with Gasteiger partial charge in [0.1, 0.15) is 16.2 Å². The van der Waals surface area contributed by atoms with E-state index in [4.69, 9.17) is 15.2 Å². The van der Waals surface area contributed by atoms with Gasteiger partial charge in [0.05, 0.1) is 11.6 Å². The smallest absolute Gasteiger partial charge is 0.397 e. The average Bonchev–Trinajstić information content (AvgIpc) is 3.13. The van der Waals surface area contributed by atoms with E-state index >= 15 is 0 Å². The van der Waals surface area contributed by atoms with Gasteiger partial charge in [-0.25, -0.2) is 9.59 Å². The second-order valence-electron chi connectivity index (χ2n) is 10.6. The van der Waals surface area contributed by atoms with Crippen LogP contribution in [0.5, 0.6) is 0 Å². The second kappa shape index (κ2) is 10.5. The largest absolute Gasteiger partial charge is 0.456 e. The molecule has 0 radical (unpaired) electrons. The topological polar surface area (TPSA) is 137 Å². The molecule has 4 N–H and O–H groups in total. The van der Waals surface area contributed by atoms with E-state index in [-0.39, 0.29) is 22.8 Å². The molecule has 9 nitrogen and oxygen atoms in total. The standard InChI is InChI=1S/C26H33N3O6S/c1-25(2,3)34-23(32)18-15-12-16(19(27)20(30)14-10-8-7-9-11-14)28-13-17(15)36-22(18)29-21(31)24(33)35-26(4,5)6/h7-11,16,19,28H,12-13,27H2,1-6H3,(H,29,31). The molecule has 0 saturated heterocycles. The first kappa shape index (κ1) is 27.5. The number of hydrogen-bond acceptors (Lipinski definition) is 9. The summed E-state index contributed by atoms with van der Waals surface area (Å²) in [7, 11) is 0. The molecule has 0 spiro atoms. The lowest BCUT2D eigenvalue weighted by Crippen LogP contribution is -2.52. The van der Waals surface area contributed by atoms with Crippen molar-refractivity contribution in [1.82, 2.24) is 5.32 Å². The molecule has 1 aliphatic heterocycles. The summed E-state index contributed by atoms with van der Waals surface area (Å²) >= 11 is 1.17. The van der Waals surface area contributed by atoms with Crippen molar-refractivity contribution in [3.8, 4) is 0 Å². The number of esters is 2. The molecule has 2 heterocycles. The van der Waals surface area contributed by atoms with Crippen LogP contribution in [0.2, 0.25) is 0 Å². The van der Waals surface area contributed by atoms with Crippen LogP contribution in [0.15, 0.2) is 30.3 Å². The number of rotatable bonds is 5. The minimum Gasteiger partial charge on any atom is -0.456 e. The van der Waals surface area contributed by atoms with Gasteiger partial charge in [-0.1, -0.05) is 30.3 Å². The van der Waals surface area contributed by atoms with E-state index in [0.717, 1.165) is 4.88 Å². The molecule has 2 unspecified atom stereocenters. The van der Waals surface area contributed by atoms with Gasteiger partial charge in [-0.2, -0.15) is 0 Å². The van der Waals surface area contributed by atoms with E-state index in [1.54, 1.807) is 65.8 Å². The van der Waals surface area contributed by atoms with Gasteiger partial charge in [-0.15, -0.1) is 11.3 Å². The maximum absolute atomic E-state index is 13.2. The van der Waals surface area contributed by atoms with Gasteiger partial charge in [-0.05, 0) is 53.5 Å². The molecule has 36 heavy (non-hydrogen) atoms. The molecule has 0 bridgehead atoms. The predicted molar refractivity (Wildman–Crippen MR) is 137 cm³/mol. The number of Topliss-reactive ketones (excluding diaryl/α,β-unsaturated/α-hetero) is 1. The van der Waals surface area contributed by atoms with E-state index in [1.165, 1.54) is 11.3 Å². The van der Waals surface area contributed by atoms with E-state index in [1.807, 2.05) is 6.07 Å². The first-order valence-corrected chi connectivity index (χ1v) is 12.5. The number of thiophene rings is 1. The fourth-order valence-corrected chi connectivity index (χ4v) is 4.89. The van der Waals surface area contributed by atoms with Crippen LogP contribution < -0.4 is 16.4 Å². The molecule has 10 heteroatoms. The zero-order valence-electron chi connectivity index (χ0n) is 21.4. The Morgan fingerprint density at radius 2 is 1.64 bits per heavy atom. The Morgan fingerprint density at radius 3 is 2.22 bits per heavy atom. The van der Waals surface area contributed by atoms with Crippen molar-refractivity contribution in [2.45, 2.75) is 77.8 Å². The molecule has 1 aromatic carbocycles. The number of nitrogens with one attached hydrogen (secondary N) is 2. The Bertz CT molecular complexity index is 1160. The molecule has 0 aliphatic carbocycles. The van der Waals surface area contributed by atoms with Gasteiger partial charge in [0.15, 0.2) is 5.78 Å². The molecule has 0 saturated carbocycles. The van der Waals surface area contributed by atoms with Crippen LogP contribution in [-0.4, -0.2) is 46.9 Å². The number of anilines is 1. The fourth-order valence-electron chi connectivity index (χ4n) is 3.73. The summed E-state index contributed by atoms with van der Waals surface area (Å²) in [6, 6.07) is 7.47. The molecule has 1 aliphatic rings. The molecule has 3 rings (SSSR count). The lowest BCUT2D eigenvalue weighted by Gasteiger charge is -2.29. The summed E-state index contributed by atoms with van der Waals surface area (Å²) in [5.41, 5.74) is 5.99. The van der Waals surface area contributed by atoms with Gasteiger partial charge in [0.25, 0.3) is 0 Å². The summed E-state index contributed by atoms with van der Waals surface area (Å²) in [6.45, 7) is 10.5. The summed E-state index contributed by atoms with van der Waals surface area (Å²) in [4.78, 5) is 51.8. The summed E-state index contributed by atoms with van der Waals surface area (Å²) < 4.78 is 10.7. The molecular formula is C26H33N3O6S. The third-order valence-electron chi connectivity index (χ3n) is 5.25. The number of carbonyl (C=O) groups is 4. The van der Waals surface area contributed by atoms with Gasteiger partial charge < -0.3 is 25.8 Å². The molecular weight excluding hydrogens is 482 g/mol. The van der Waals surface area contributed by atoms with Crippen LogP contribution in [0.3, 0.4) is 0 Å². The Morgan fingerprint density at radius 1 is 1.03 bits per heavy atom. The van der Waals surface area contributed by atoms with Crippen molar-refractivity contribution in [2.24, 2.45) is 5.73 Å². The third-order valence-corrected chi connectivity index (χ3v) is 6.40. The van der Waals surface area contributed by atoms with E-state index in [0.29, 0.717) is 17.7 Å². The highest BCUT2D eigenvalue weighted by atomic mass is 32.1. The first-order valence-electron chi connectivity index (χ1n) is 11.7. The highest BCUT2D eigenvalue weighted by molar-refractivity contribution is 7.17. The number of ether oxygens (including phenoxy) is 2. The lowest BCUT2D eigenvalue weighted by atomic mass is 9.90. The lowest BCUT2D eigenvalue weighted by molar-refractivity contribution is -0.161. The van der Waals surface area contributed by atoms with Crippen molar-refractivity contribution in [1.29, 1.82) is 0 Å². The van der Waals surface area contributed by atoms with Crippen molar-refractivity contribution in [2.75, 3.05) is 5.32 Å². The van der Waals surface area contributed by atoms with Crippen molar-refractivity contribution < 1.29 is 28.7 Å². The third kappa shape index (κ3) is 6.77. The Kier molecular flexibility index (Phi) is 8.02. The van der Waals surface area contributed by atoms with Crippen LogP contribution in [0.4, 0.5) is 5.00 Å². The van der Waals surface area contributed by atoms with E-state index < -0.39 is 41.1 Å². The quantitative estimate of drug-likeness (QED) is 0.314. The van der Waals surface area contributed by atoms with Gasteiger partial charge in [0.2, 0.25) is 0 Å². The summed E-state index contributed by atoms with van der Waals surface area (Å²) in [6.07, 6.45) is 0.266. The van der Waals surface area contributed by atoms with Crippen molar-refractivity contribution >= 4 is 40.0 Å². The highest BCUT2D eigenvalue weighted by Gasteiger charge is 2.36. The number of carbonyl (C=O) groups excluding carboxylic acids is 4. The van der Waals surface area contributed by atoms with Gasteiger partial charge in [-0.3, -0.25) is 9.59 Å². The van der Waals surface area contributed by atoms with Gasteiger partial charge >= 0.3 is 17.8 Å². The fraction of sp³-hybridized carbons (Fsp3) is 0.462. The van der Waals surface area contributed by atoms with E-state index in [9.17, 15) is 19.2 Å². The number of nitrogens with two attached hydrogens (primary N) is 1. The first-order chi connectivity index (χ1) is 16.7. The minimum absolute atomic E-state index is 0.160. The van der Waals surface area contributed by atoms with Crippen LogP contribution >= 0.6 is 11.3 Å². The van der Waals surface area contributed by atoms with Crippen LogP contribution in [0, 0.1) is 0 Å². The zero-order chi connectivity index (χ0) is 26.8.